The zero-order chi connectivity index (χ0) is 19.4. The molecule has 138 valence electrons. The minimum atomic E-state index is -4.61. The van der Waals surface area contributed by atoms with E-state index in [4.69, 9.17) is 0 Å². The first kappa shape index (κ1) is 19.4. The molecule has 0 saturated heterocycles. The number of amides is 2. The Morgan fingerprint density at radius 2 is 1.62 bits per heavy atom. The molecule has 0 aliphatic heterocycles. The van der Waals surface area contributed by atoms with Gasteiger partial charge in [-0.1, -0.05) is 12.1 Å². The van der Waals surface area contributed by atoms with Crippen molar-refractivity contribution in [2.45, 2.75) is 26.6 Å². The number of halogens is 3. The zero-order valence-corrected chi connectivity index (χ0v) is 14.2. The molecule has 0 saturated carbocycles. The molecule has 0 unspecified atom stereocenters. The fourth-order valence-corrected chi connectivity index (χ4v) is 2.12. The summed E-state index contributed by atoms with van der Waals surface area (Å²) >= 11 is 0. The second-order valence-electron chi connectivity index (χ2n) is 6.16. The molecule has 0 radical (unpaired) electrons. The molecular formula is C18H18F3N3O2. The molecule has 2 rings (SSSR count). The van der Waals surface area contributed by atoms with Gasteiger partial charge >= 0.3 is 6.18 Å². The average molecular weight is 365 g/mol. The minimum Gasteiger partial charge on any atom is -0.351 e. The molecular weight excluding hydrogens is 347 g/mol. The van der Waals surface area contributed by atoms with Gasteiger partial charge in [0, 0.05) is 18.9 Å². The summed E-state index contributed by atoms with van der Waals surface area (Å²) in [6.07, 6.45) is -1.49. The van der Waals surface area contributed by atoms with Crippen molar-refractivity contribution in [3.63, 3.8) is 0 Å². The molecule has 2 amide bonds. The molecule has 26 heavy (non-hydrogen) atoms. The van der Waals surface area contributed by atoms with Crippen LogP contribution in [0.3, 0.4) is 0 Å². The van der Waals surface area contributed by atoms with Crippen LogP contribution >= 0.6 is 0 Å². The summed E-state index contributed by atoms with van der Waals surface area (Å²) in [7, 11) is 0. The molecule has 1 aromatic carbocycles. The molecule has 0 atom stereocenters. The van der Waals surface area contributed by atoms with Gasteiger partial charge in [0.1, 0.15) is 5.41 Å². The second kappa shape index (κ2) is 7.55. The summed E-state index contributed by atoms with van der Waals surface area (Å²) in [6, 6.07) is 8.02. The monoisotopic (exact) mass is 365 g/mol. The van der Waals surface area contributed by atoms with E-state index >= 15 is 0 Å². The molecule has 1 heterocycles. The van der Waals surface area contributed by atoms with Crippen LogP contribution < -0.4 is 10.6 Å². The number of alkyl halides is 3. The normalized spacial score (nSPS) is 11.7. The first-order valence-corrected chi connectivity index (χ1v) is 7.77. The summed E-state index contributed by atoms with van der Waals surface area (Å²) in [5, 5.41) is 4.81. The number of anilines is 1. The number of hydrogen-bond acceptors (Lipinski definition) is 3. The van der Waals surface area contributed by atoms with Gasteiger partial charge in [0.05, 0.1) is 11.3 Å². The lowest BCUT2D eigenvalue weighted by Crippen LogP contribution is -2.45. The molecule has 2 aromatic rings. The Bertz CT molecular complexity index is 790. The number of para-hydroxylation sites is 1. The van der Waals surface area contributed by atoms with E-state index in [9.17, 15) is 22.8 Å². The number of nitrogens with zero attached hydrogens (tertiary/aromatic N) is 1. The van der Waals surface area contributed by atoms with E-state index in [1.807, 2.05) is 0 Å². The lowest BCUT2D eigenvalue weighted by molar-refractivity contribution is -0.138. The second-order valence-corrected chi connectivity index (χ2v) is 6.16. The van der Waals surface area contributed by atoms with Crippen molar-refractivity contribution < 1.29 is 22.8 Å². The Morgan fingerprint density at radius 3 is 2.23 bits per heavy atom. The quantitative estimate of drug-likeness (QED) is 0.798. The van der Waals surface area contributed by atoms with Crippen molar-refractivity contribution in [3.05, 3.63) is 59.9 Å². The Morgan fingerprint density at radius 1 is 1.00 bits per heavy atom. The summed E-state index contributed by atoms with van der Waals surface area (Å²) in [4.78, 5) is 28.6. The molecule has 0 aliphatic carbocycles. The van der Waals surface area contributed by atoms with Gasteiger partial charge in [-0.25, -0.2) is 0 Å². The van der Waals surface area contributed by atoms with Crippen LogP contribution in [-0.2, 0) is 22.3 Å². The zero-order valence-electron chi connectivity index (χ0n) is 14.2. The Balaban J connectivity index is 2.09. The van der Waals surface area contributed by atoms with Gasteiger partial charge in [-0.15, -0.1) is 0 Å². The van der Waals surface area contributed by atoms with E-state index in [-0.39, 0.29) is 12.2 Å². The van der Waals surface area contributed by atoms with E-state index in [0.717, 1.165) is 17.7 Å². The highest BCUT2D eigenvalue weighted by atomic mass is 19.4. The van der Waals surface area contributed by atoms with E-state index in [2.05, 4.69) is 15.6 Å². The van der Waals surface area contributed by atoms with Gasteiger partial charge in [-0.05, 0) is 43.7 Å². The predicted molar refractivity (Wildman–Crippen MR) is 89.9 cm³/mol. The minimum absolute atomic E-state index is 0.178. The van der Waals surface area contributed by atoms with Crippen molar-refractivity contribution in [1.29, 1.82) is 0 Å². The van der Waals surface area contributed by atoms with Crippen molar-refractivity contribution >= 4 is 17.5 Å². The van der Waals surface area contributed by atoms with Crippen LogP contribution in [0.4, 0.5) is 18.9 Å². The van der Waals surface area contributed by atoms with Gasteiger partial charge in [0.25, 0.3) is 0 Å². The predicted octanol–water partition coefficient (Wildman–Crippen LogP) is 3.38. The number of rotatable bonds is 5. The fraction of sp³-hybridized carbons (Fsp3) is 0.278. The third-order valence-corrected chi connectivity index (χ3v) is 3.82. The summed E-state index contributed by atoms with van der Waals surface area (Å²) in [5.41, 5.74) is -2.14. The maximum atomic E-state index is 13.0. The van der Waals surface area contributed by atoms with Gasteiger partial charge in [-0.3, -0.25) is 14.6 Å². The molecule has 2 N–H and O–H groups in total. The topological polar surface area (TPSA) is 71.1 Å². The molecule has 0 fully saturated rings. The van der Waals surface area contributed by atoms with Gasteiger partial charge in [-0.2, -0.15) is 13.2 Å². The van der Waals surface area contributed by atoms with Crippen LogP contribution in [0.5, 0.6) is 0 Å². The van der Waals surface area contributed by atoms with Crippen molar-refractivity contribution in [2.75, 3.05) is 5.32 Å². The lowest BCUT2D eigenvalue weighted by atomic mass is 9.90. The fourth-order valence-electron chi connectivity index (χ4n) is 2.12. The Hall–Kier alpha value is -2.90. The SMILES string of the molecule is CC(C)(C(=O)NCc1ccncc1)C(=O)Nc1ccccc1C(F)(F)F. The van der Waals surface area contributed by atoms with Crippen molar-refractivity contribution in [1.82, 2.24) is 10.3 Å². The number of pyridine rings is 1. The maximum absolute atomic E-state index is 13.0. The Kier molecular flexibility index (Phi) is 5.64. The molecule has 0 spiro atoms. The number of nitrogens with one attached hydrogen (secondary N) is 2. The van der Waals surface area contributed by atoms with Crippen LogP contribution in [0.25, 0.3) is 0 Å². The van der Waals surface area contributed by atoms with E-state index in [1.54, 1.807) is 24.5 Å². The van der Waals surface area contributed by atoms with Crippen LogP contribution in [0.2, 0.25) is 0 Å². The molecule has 0 aliphatic rings. The van der Waals surface area contributed by atoms with E-state index in [1.165, 1.54) is 26.0 Å². The molecule has 0 bridgehead atoms. The van der Waals surface area contributed by atoms with Gasteiger partial charge in [0.15, 0.2) is 0 Å². The molecule has 8 heteroatoms. The third-order valence-electron chi connectivity index (χ3n) is 3.82. The van der Waals surface area contributed by atoms with Gasteiger partial charge in [0.2, 0.25) is 11.8 Å². The highest BCUT2D eigenvalue weighted by Gasteiger charge is 2.38. The number of hydrogen-bond donors (Lipinski definition) is 2. The Labute approximate surface area is 148 Å². The van der Waals surface area contributed by atoms with Gasteiger partial charge < -0.3 is 10.6 Å². The standard InChI is InChI=1S/C18H18F3N3O2/c1-17(2,15(25)23-11-12-7-9-22-10-8-12)16(26)24-14-6-4-3-5-13(14)18(19,20)21/h3-10H,11H2,1-2H3,(H,23,25)(H,24,26). The first-order valence-electron chi connectivity index (χ1n) is 7.77. The van der Waals surface area contributed by atoms with Crippen LogP contribution in [0, 0.1) is 5.41 Å². The number of carbonyl (C=O) groups excluding carboxylic acids is 2. The van der Waals surface area contributed by atoms with Crippen LogP contribution in [0.15, 0.2) is 48.8 Å². The molecule has 1 aromatic heterocycles. The first-order chi connectivity index (χ1) is 12.1. The highest BCUT2D eigenvalue weighted by molar-refractivity contribution is 6.10. The van der Waals surface area contributed by atoms with Crippen LogP contribution in [0.1, 0.15) is 25.0 Å². The highest BCUT2D eigenvalue weighted by Crippen LogP contribution is 2.35. The average Bonchev–Trinajstić information content (AvgIpc) is 2.60. The van der Waals surface area contributed by atoms with Crippen molar-refractivity contribution in [3.8, 4) is 0 Å². The van der Waals surface area contributed by atoms with Crippen molar-refractivity contribution in [2.24, 2.45) is 5.41 Å². The summed E-state index contributed by atoms with van der Waals surface area (Å²) in [6.45, 7) is 2.87. The summed E-state index contributed by atoms with van der Waals surface area (Å²) in [5.74, 6) is -1.43. The molecule has 5 nitrogen and oxygen atoms in total. The number of aromatic nitrogens is 1. The largest absolute Gasteiger partial charge is 0.418 e. The summed E-state index contributed by atoms with van der Waals surface area (Å²) < 4.78 is 39.1. The third kappa shape index (κ3) is 4.59. The number of carbonyl (C=O) groups is 2. The van der Waals surface area contributed by atoms with E-state index in [0.29, 0.717) is 0 Å². The maximum Gasteiger partial charge on any atom is 0.418 e. The van der Waals surface area contributed by atoms with E-state index < -0.39 is 29.0 Å². The number of benzene rings is 1. The lowest BCUT2D eigenvalue weighted by Gasteiger charge is -2.24. The van der Waals surface area contributed by atoms with Crippen LogP contribution in [-0.4, -0.2) is 16.8 Å². The smallest absolute Gasteiger partial charge is 0.351 e.